The van der Waals surface area contributed by atoms with Gasteiger partial charge in [0.25, 0.3) is 0 Å². The summed E-state index contributed by atoms with van der Waals surface area (Å²) in [5.74, 6) is -0.00242. The summed E-state index contributed by atoms with van der Waals surface area (Å²) in [7, 11) is 0. The van der Waals surface area contributed by atoms with Gasteiger partial charge in [-0.2, -0.15) is 18.4 Å². The van der Waals surface area contributed by atoms with Gasteiger partial charge in [0.05, 0.1) is 16.8 Å². The number of alkyl halides is 3. The molecule has 0 spiro atoms. The number of urea groups is 1. The maximum atomic E-state index is 13.1. The van der Waals surface area contributed by atoms with Gasteiger partial charge >= 0.3 is 12.2 Å². The Morgan fingerprint density at radius 3 is 2.59 bits per heavy atom. The molecule has 0 aliphatic heterocycles. The second-order valence-electron chi connectivity index (χ2n) is 6.79. The average molecular weight is 468 g/mol. The van der Waals surface area contributed by atoms with Gasteiger partial charge in [-0.25, -0.2) is 14.8 Å². The minimum Gasteiger partial charge on any atom is -0.327 e. The molecule has 152 valence electrons. The molecule has 1 saturated carbocycles. The normalized spacial score (nSPS) is 16.0. The SMILES string of the molecule is N#Cc1nccc(C2(NC(=O)Nc3ccc(Br)c(C(F)(F)F)c3)CCCCC2)n1. The quantitative estimate of drug-likeness (QED) is 0.655. The number of anilines is 1. The molecule has 1 aromatic carbocycles. The molecule has 1 heterocycles. The molecular formula is C19H17BrF3N5O. The lowest BCUT2D eigenvalue weighted by molar-refractivity contribution is -0.138. The number of carbonyl (C=O) groups excluding carboxylic acids is 1. The van der Waals surface area contributed by atoms with Crippen LogP contribution in [0.1, 0.15) is 49.2 Å². The lowest BCUT2D eigenvalue weighted by Crippen LogP contribution is -2.49. The first kappa shape index (κ1) is 21.0. The summed E-state index contributed by atoms with van der Waals surface area (Å²) in [6.07, 6.45) is 0.828. The van der Waals surface area contributed by atoms with Gasteiger partial charge in [-0.3, -0.25) is 0 Å². The number of hydrogen-bond acceptors (Lipinski definition) is 4. The van der Waals surface area contributed by atoms with E-state index in [-0.39, 0.29) is 16.0 Å². The van der Waals surface area contributed by atoms with E-state index in [1.165, 1.54) is 18.3 Å². The van der Waals surface area contributed by atoms with Crippen molar-refractivity contribution in [2.75, 3.05) is 5.32 Å². The Hall–Kier alpha value is -2.67. The number of nitrogens with zero attached hydrogens (tertiary/aromatic N) is 3. The predicted molar refractivity (Wildman–Crippen MR) is 103 cm³/mol. The summed E-state index contributed by atoms with van der Waals surface area (Å²) in [6, 6.07) is 6.37. The lowest BCUT2D eigenvalue weighted by atomic mass is 9.79. The first-order valence-electron chi connectivity index (χ1n) is 8.93. The van der Waals surface area contributed by atoms with E-state index in [1.807, 2.05) is 6.07 Å². The van der Waals surface area contributed by atoms with Crippen LogP contribution in [0.15, 0.2) is 34.9 Å². The fourth-order valence-corrected chi connectivity index (χ4v) is 3.95. The smallest absolute Gasteiger partial charge is 0.327 e. The van der Waals surface area contributed by atoms with Crippen LogP contribution >= 0.6 is 15.9 Å². The third-order valence-corrected chi connectivity index (χ3v) is 5.53. The standard InChI is InChI=1S/C19H17BrF3N5O/c20-14-5-4-12(10-13(14)19(21,22)23)26-17(29)28-18(7-2-1-3-8-18)15-6-9-25-16(11-24)27-15/h4-6,9-10H,1-3,7-8H2,(H2,26,28,29). The molecule has 29 heavy (non-hydrogen) atoms. The minimum absolute atomic E-state index is 0.00242. The zero-order valence-electron chi connectivity index (χ0n) is 15.2. The lowest BCUT2D eigenvalue weighted by Gasteiger charge is -2.37. The van der Waals surface area contributed by atoms with Crippen molar-refractivity contribution in [2.24, 2.45) is 0 Å². The number of aromatic nitrogens is 2. The van der Waals surface area contributed by atoms with Crippen molar-refractivity contribution in [1.82, 2.24) is 15.3 Å². The van der Waals surface area contributed by atoms with E-state index >= 15 is 0 Å². The van der Waals surface area contributed by atoms with Gasteiger partial charge in [-0.1, -0.05) is 35.2 Å². The van der Waals surface area contributed by atoms with E-state index in [0.717, 1.165) is 25.3 Å². The van der Waals surface area contributed by atoms with E-state index in [0.29, 0.717) is 18.5 Å². The molecular weight excluding hydrogens is 451 g/mol. The highest BCUT2D eigenvalue weighted by Crippen LogP contribution is 2.38. The number of hydrogen-bond donors (Lipinski definition) is 2. The van der Waals surface area contributed by atoms with Crippen LogP contribution in [-0.2, 0) is 11.7 Å². The number of nitrogens with one attached hydrogen (secondary N) is 2. The van der Waals surface area contributed by atoms with E-state index < -0.39 is 23.3 Å². The summed E-state index contributed by atoms with van der Waals surface area (Å²) in [4.78, 5) is 20.7. The zero-order chi connectivity index (χ0) is 21.1. The number of halogens is 4. The minimum atomic E-state index is -4.55. The van der Waals surface area contributed by atoms with Crippen molar-refractivity contribution in [3.63, 3.8) is 0 Å². The molecule has 2 amide bonds. The second kappa shape index (κ2) is 8.37. The largest absolute Gasteiger partial charge is 0.417 e. The summed E-state index contributed by atoms with van der Waals surface area (Å²) in [5, 5.41) is 14.4. The monoisotopic (exact) mass is 467 g/mol. The van der Waals surface area contributed by atoms with Crippen molar-refractivity contribution in [2.45, 2.75) is 43.8 Å². The number of rotatable bonds is 3. The Kier molecular flexibility index (Phi) is 6.07. The third kappa shape index (κ3) is 4.85. The van der Waals surface area contributed by atoms with Gasteiger partial charge in [0.1, 0.15) is 6.07 Å². The van der Waals surface area contributed by atoms with E-state index in [9.17, 15) is 18.0 Å². The summed E-state index contributed by atoms with van der Waals surface area (Å²) >= 11 is 2.88. The van der Waals surface area contributed by atoms with Crippen molar-refractivity contribution < 1.29 is 18.0 Å². The first-order chi connectivity index (χ1) is 13.7. The van der Waals surface area contributed by atoms with Crippen LogP contribution in [0.2, 0.25) is 0 Å². The molecule has 0 saturated heterocycles. The number of carbonyl (C=O) groups is 1. The van der Waals surface area contributed by atoms with E-state index in [2.05, 4.69) is 36.5 Å². The zero-order valence-corrected chi connectivity index (χ0v) is 16.8. The van der Waals surface area contributed by atoms with Gasteiger partial charge < -0.3 is 10.6 Å². The molecule has 0 bridgehead atoms. The Morgan fingerprint density at radius 2 is 1.93 bits per heavy atom. The molecule has 3 rings (SSSR count). The average Bonchev–Trinajstić information content (AvgIpc) is 2.69. The summed E-state index contributed by atoms with van der Waals surface area (Å²) in [5.41, 5.74) is -1.15. The Morgan fingerprint density at radius 1 is 1.21 bits per heavy atom. The molecule has 2 aromatic rings. The molecule has 1 aliphatic rings. The molecule has 0 unspecified atom stereocenters. The van der Waals surface area contributed by atoms with Crippen LogP contribution in [-0.4, -0.2) is 16.0 Å². The Balaban J connectivity index is 1.84. The van der Waals surface area contributed by atoms with E-state index in [4.69, 9.17) is 5.26 Å². The maximum absolute atomic E-state index is 13.1. The molecule has 0 radical (unpaired) electrons. The fourth-order valence-electron chi connectivity index (χ4n) is 3.48. The van der Waals surface area contributed by atoms with Crippen LogP contribution in [0.3, 0.4) is 0 Å². The highest BCUT2D eigenvalue weighted by atomic mass is 79.9. The molecule has 1 aliphatic carbocycles. The predicted octanol–water partition coefficient (Wildman–Crippen LogP) is 5.11. The van der Waals surface area contributed by atoms with Crippen LogP contribution in [0.5, 0.6) is 0 Å². The number of nitriles is 1. The Bertz CT molecular complexity index is 952. The number of benzene rings is 1. The van der Waals surface area contributed by atoms with Gasteiger partial charge in [-0.05, 0) is 37.1 Å². The molecule has 1 fully saturated rings. The van der Waals surface area contributed by atoms with Crippen molar-refractivity contribution in [1.29, 1.82) is 5.26 Å². The van der Waals surface area contributed by atoms with Gasteiger partial charge in [0.2, 0.25) is 5.82 Å². The second-order valence-corrected chi connectivity index (χ2v) is 7.65. The molecule has 2 N–H and O–H groups in total. The van der Waals surface area contributed by atoms with Gasteiger partial charge in [0, 0.05) is 16.4 Å². The first-order valence-corrected chi connectivity index (χ1v) is 9.72. The van der Waals surface area contributed by atoms with Crippen LogP contribution in [0.4, 0.5) is 23.7 Å². The van der Waals surface area contributed by atoms with Crippen molar-refractivity contribution >= 4 is 27.6 Å². The molecule has 1 aromatic heterocycles. The Labute approximate surface area is 173 Å². The highest BCUT2D eigenvalue weighted by molar-refractivity contribution is 9.10. The van der Waals surface area contributed by atoms with Crippen LogP contribution in [0, 0.1) is 11.3 Å². The van der Waals surface area contributed by atoms with Crippen LogP contribution in [0.25, 0.3) is 0 Å². The van der Waals surface area contributed by atoms with Crippen molar-refractivity contribution in [3.8, 4) is 6.07 Å². The molecule has 10 heteroatoms. The topological polar surface area (TPSA) is 90.7 Å². The summed E-state index contributed by atoms with van der Waals surface area (Å²) < 4.78 is 39.2. The van der Waals surface area contributed by atoms with Crippen molar-refractivity contribution in [3.05, 3.63) is 52.0 Å². The highest BCUT2D eigenvalue weighted by Gasteiger charge is 2.37. The van der Waals surface area contributed by atoms with E-state index in [1.54, 1.807) is 6.07 Å². The molecule has 0 atom stereocenters. The summed E-state index contributed by atoms with van der Waals surface area (Å²) in [6.45, 7) is 0. The number of amides is 2. The molecule has 6 nitrogen and oxygen atoms in total. The van der Waals surface area contributed by atoms with Gasteiger partial charge in [0.15, 0.2) is 0 Å². The third-order valence-electron chi connectivity index (χ3n) is 4.84. The van der Waals surface area contributed by atoms with Crippen LogP contribution < -0.4 is 10.6 Å². The fraction of sp³-hybridized carbons (Fsp3) is 0.368. The maximum Gasteiger partial charge on any atom is 0.417 e. The van der Waals surface area contributed by atoms with Gasteiger partial charge in [-0.15, -0.1) is 0 Å².